The zero-order valence-corrected chi connectivity index (χ0v) is 10.2. The first-order chi connectivity index (χ1) is 8.27. The van der Waals surface area contributed by atoms with Crippen LogP contribution in [0.2, 0.25) is 0 Å². The minimum atomic E-state index is -0.0143. The van der Waals surface area contributed by atoms with E-state index < -0.39 is 0 Å². The number of aromatic amines is 1. The maximum absolute atomic E-state index is 12.1. The van der Waals surface area contributed by atoms with Gasteiger partial charge in [-0.2, -0.15) is 11.3 Å². The first-order valence-electron chi connectivity index (χ1n) is 5.41. The Kier molecular flexibility index (Phi) is 2.34. The van der Waals surface area contributed by atoms with E-state index >= 15 is 0 Å². The molecule has 0 aliphatic heterocycles. The van der Waals surface area contributed by atoms with Crippen LogP contribution in [0.15, 0.2) is 45.9 Å². The molecule has 3 aromatic rings. The van der Waals surface area contributed by atoms with Crippen molar-refractivity contribution in [3.8, 4) is 11.1 Å². The van der Waals surface area contributed by atoms with Crippen molar-refractivity contribution in [1.82, 2.24) is 4.98 Å². The molecule has 17 heavy (non-hydrogen) atoms. The van der Waals surface area contributed by atoms with Crippen LogP contribution in [0.1, 0.15) is 5.56 Å². The fraction of sp³-hybridized carbons (Fsp3) is 0.0714. The SMILES string of the molecule is Cc1c(-c2ccsc2)c(=O)[nH]c2ccccc12. The number of hydrogen-bond acceptors (Lipinski definition) is 2. The van der Waals surface area contributed by atoms with Gasteiger partial charge in [-0.3, -0.25) is 4.79 Å². The average molecular weight is 241 g/mol. The van der Waals surface area contributed by atoms with E-state index in [1.807, 2.05) is 48.0 Å². The highest BCUT2D eigenvalue weighted by atomic mass is 32.1. The second kappa shape index (κ2) is 3.86. The molecule has 2 aromatic heterocycles. The minimum Gasteiger partial charge on any atom is -0.321 e. The number of hydrogen-bond donors (Lipinski definition) is 1. The van der Waals surface area contributed by atoms with Crippen molar-refractivity contribution in [1.29, 1.82) is 0 Å². The second-order valence-electron chi connectivity index (χ2n) is 4.01. The molecule has 3 rings (SSSR count). The van der Waals surface area contributed by atoms with Gasteiger partial charge in [0.05, 0.1) is 5.56 Å². The molecule has 1 aromatic carbocycles. The van der Waals surface area contributed by atoms with Crippen LogP contribution in [0.25, 0.3) is 22.0 Å². The molecule has 84 valence electrons. The van der Waals surface area contributed by atoms with Gasteiger partial charge >= 0.3 is 0 Å². The summed E-state index contributed by atoms with van der Waals surface area (Å²) >= 11 is 1.60. The summed E-state index contributed by atoms with van der Waals surface area (Å²) in [5, 5.41) is 5.10. The van der Waals surface area contributed by atoms with Gasteiger partial charge in [-0.05, 0) is 40.9 Å². The van der Waals surface area contributed by atoms with E-state index in [0.29, 0.717) is 0 Å². The number of pyridine rings is 1. The van der Waals surface area contributed by atoms with Gasteiger partial charge in [-0.25, -0.2) is 0 Å². The van der Waals surface area contributed by atoms with Crippen LogP contribution in [0.3, 0.4) is 0 Å². The quantitative estimate of drug-likeness (QED) is 0.694. The molecule has 0 saturated carbocycles. The fourth-order valence-electron chi connectivity index (χ4n) is 2.16. The average Bonchev–Trinajstić information content (AvgIpc) is 2.83. The first kappa shape index (κ1) is 10.3. The van der Waals surface area contributed by atoms with Crippen LogP contribution in [0, 0.1) is 6.92 Å². The van der Waals surface area contributed by atoms with E-state index in [1.54, 1.807) is 11.3 Å². The normalized spacial score (nSPS) is 10.9. The van der Waals surface area contributed by atoms with Gasteiger partial charge in [0.1, 0.15) is 0 Å². The van der Waals surface area contributed by atoms with Gasteiger partial charge < -0.3 is 4.98 Å². The second-order valence-corrected chi connectivity index (χ2v) is 4.79. The molecular weight excluding hydrogens is 230 g/mol. The van der Waals surface area contributed by atoms with E-state index in [4.69, 9.17) is 0 Å². The summed E-state index contributed by atoms with van der Waals surface area (Å²) < 4.78 is 0. The lowest BCUT2D eigenvalue weighted by molar-refractivity contribution is 1.28. The monoisotopic (exact) mass is 241 g/mol. The molecule has 0 atom stereocenters. The molecule has 3 heteroatoms. The number of nitrogens with one attached hydrogen (secondary N) is 1. The number of benzene rings is 1. The molecule has 0 bridgehead atoms. The molecule has 0 aliphatic rings. The van der Waals surface area contributed by atoms with Crippen molar-refractivity contribution < 1.29 is 0 Å². The predicted octanol–water partition coefficient (Wildman–Crippen LogP) is 3.57. The van der Waals surface area contributed by atoms with Crippen LogP contribution in [0.4, 0.5) is 0 Å². The van der Waals surface area contributed by atoms with E-state index in [9.17, 15) is 4.79 Å². The summed E-state index contributed by atoms with van der Waals surface area (Å²) in [5.74, 6) is 0. The highest BCUT2D eigenvalue weighted by Crippen LogP contribution is 2.26. The van der Waals surface area contributed by atoms with Gasteiger partial charge in [0.2, 0.25) is 0 Å². The number of H-pyrrole nitrogens is 1. The van der Waals surface area contributed by atoms with E-state index in [2.05, 4.69) is 4.98 Å². The summed E-state index contributed by atoms with van der Waals surface area (Å²) in [6.45, 7) is 2.00. The summed E-state index contributed by atoms with van der Waals surface area (Å²) in [5.41, 5.74) is 3.71. The van der Waals surface area contributed by atoms with E-state index in [0.717, 1.165) is 27.6 Å². The Balaban J connectivity index is 2.44. The molecular formula is C14H11NOS. The third kappa shape index (κ3) is 1.59. The van der Waals surface area contributed by atoms with Crippen LogP contribution < -0.4 is 5.56 Å². The van der Waals surface area contributed by atoms with Crippen LogP contribution in [-0.4, -0.2) is 4.98 Å². The summed E-state index contributed by atoms with van der Waals surface area (Å²) in [6, 6.07) is 9.88. The number of rotatable bonds is 1. The summed E-state index contributed by atoms with van der Waals surface area (Å²) in [4.78, 5) is 15.0. The smallest absolute Gasteiger partial charge is 0.256 e. The Bertz CT molecular complexity index is 726. The third-order valence-electron chi connectivity index (χ3n) is 2.99. The Morgan fingerprint density at radius 2 is 2.00 bits per heavy atom. The predicted molar refractivity (Wildman–Crippen MR) is 72.6 cm³/mol. The Hall–Kier alpha value is -1.87. The summed E-state index contributed by atoms with van der Waals surface area (Å²) in [6.07, 6.45) is 0. The van der Waals surface area contributed by atoms with Gasteiger partial charge in [-0.15, -0.1) is 0 Å². The maximum Gasteiger partial charge on any atom is 0.256 e. The van der Waals surface area contributed by atoms with E-state index in [-0.39, 0.29) is 5.56 Å². The largest absolute Gasteiger partial charge is 0.321 e. The van der Waals surface area contributed by atoms with Crippen molar-refractivity contribution in [3.05, 3.63) is 57.0 Å². The standard InChI is InChI=1S/C14H11NOS/c1-9-11-4-2-3-5-12(11)15-14(16)13(9)10-6-7-17-8-10/h2-8H,1H3,(H,15,16). The highest BCUT2D eigenvalue weighted by Gasteiger charge is 2.10. The molecule has 1 N–H and O–H groups in total. The van der Waals surface area contributed by atoms with Crippen molar-refractivity contribution in [2.75, 3.05) is 0 Å². The molecule has 2 heterocycles. The molecule has 0 radical (unpaired) electrons. The fourth-order valence-corrected chi connectivity index (χ4v) is 2.81. The Labute approximate surface area is 103 Å². The molecule has 2 nitrogen and oxygen atoms in total. The van der Waals surface area contributed by atoms with Crippen LogP contribution >= 0.6 is 11.3 Å². The van der Waals surface area contributed by atoms with Gasteiger partial charge in [0.15, 0.2) is 0 Å². The first-order valence-corrected chi connectivity index (χ1v) is 6.36. The van der Waals surface area contributed by atoms with Crippen LogP contribution in [-0.2, 0) is 0 Å². The molecule has 0 unspecified atom stereocenters. The lowest BCUT2D eigenvalue weighted by Crippen LogP contribution is -2.10. The molecule has 0 aliphatic carbocycles. The Morgan fingerprint density at radius 1 is 1.18 bits per heavy atom. The number of fused-ring (bicyclic) bond motifs is 1. The number of aryl methyl sites for hydroxylation is 1. The lowest BCUT2D eigenvalue weighted by atomic mass is 10.0. The van der Waals surface area contributed by atoms with Gasteiger partial charge in [0, 0.05) is 10.9 Å². The maximum atomic E-state index is 12.1. The molecule has 0 spiro atoms. The molecule has 0 amide bonds. The van der Waals surface area contributed by atoms with Crippen molar-refractivity contribution in [2.45, 2.75) is 6.92 Å². The number of aromatic nitrogens is 1. The molecule has 0 fully saturated rings. The van der Waals surface area contributed by atoms with Gasteiger partial charge in [0.25, 0.3) is 5.56 Å². The topological polar surface area (TPSA) is 32.9 Å². The van der Waals surface area contributed by atoms with Gasteiger partial charge in [-0.1, -0.05) is 18.2 Å². The van der Waals surface area contributed by atoms with E-state index in [1.165, 1.54) is 0 Å². The minimum absolute atomic E-state index is 0.0143. The van der Waals surface area contributed by atoms with Crippen molar-refractivity contribution >= 4 is 22.2 Å². The lowest BCUT2D eigenvalue weighted by Gasteiger charge is -2.07. The number of thiophene rings is 1. The van der Waals surface area contributed by atoms with Crippen LogP contribution in [0.5, 0.6) is 0 Å². The molecule has 0 saturated heterocycles. The summed E-state index contributed by atoms with van der Waals surface area (Å²) in [7, 11) is 0. The highest BCUT2D eigenvalue weighted by molar-refractivity contribution is 7.08. The Morgan fingerprint density at radius 3 is 2.76 bits per heavy atom. The third-order valence-corrected chi connectivity index (χ3v) is 3.67. The van der Waals surface area contributed by atoms with Crippen molar-refractivity contribution in [3.63, 3.8) is 0 Å². The zero-order valence-electron chi connectivity index (χ0n) is 9.36. The number of para-hydroxylation sites is 1. The zero-order chi connectivity index (χ0) is 11.8. The van der Waals surface area contributed by atoms with Crippen molar-refractivity contribution in [2.24, 2.45) is 0 Å².